The minimum atomic E-state index is -4.42. The first-order chi connectivity index (χ1) is 16.6. The summed E-state index contributed by atoms with van der Waals surface area (Å²) in [4.78, 5) is 19.6. The fourth-order valence-corrected chi connectivity index (χ4v) is 6.11. The van der Waals surface area contributed by atoms with Crippen LogP contribution in [0.25, 0.3) is 10.2 Å². The number of hydrogen-bond acceptors (Lipinski definition) is 5. The van der Waals surface area contributed by atoms with Crippen molar-refractivity contribution >= 4 is 21.6 Å². The van der Waals surface area contributed by atoms with Crippen LogP contribution in [0.2, 0.25) is 0 Å². The molecule has 1 aromatic carbocycles. The molecule has 4 aromatic rings. The molecule has 1 unspecified atom stereocenters. The molecule has 0 radical (unpaired) electrons. The molecule has 0 aliphatic heterocycles. The molecule has 10 heteroatoms. The summed E-state index contributed by atoms with van der Waals surface area (Å²) in [6.45, 7) is 4.88. The normalized spacial score (nSPS) is 16.1. The Kier molecular flexibility index (Phi) is 6.04. The van der Waals surface area contributed by atoms with Gasteiger partial charge in [-0.25, -0.2) is 4.98 Å². The van der Waals surface area contributed by atoms with Crippen molar-refractivity contribution in [3.8, 4) is 0 Å². The second-order valence-corrected chi connectivity index (χ2v) is 10.2. The first-order valence-electron chi connectivity index (χ1n) is 11.5. The smallest absolute Gasteiger partial charge is 0.309 e. The average molecular weight is 502 g/mol. The van der Waals surface area contributed by atoms with E-state index in [0.29, 0.717) is 21.8 Å². The van der Waals surface area contributed by atoms with Gasteiger partial charge in [-0.1, -0.05) is 12.1 Å². The van der Waals surface area contributed by atoms with Gasteiger partial charge in [0.25, 0.3) is 5.56 Å². The predicted octanol–water partition coefficient (Wildman–Crippen LogP) is 4.52. The number of nitrogens with one attached hydrogen (secondary N) is 1. The number of aryl methyl sites for hydroxylation is 3. The standard InChI is InChI=1S/C25H26F3N5OS/c1-14-20(15(2)32(3)31-14)11-29-18-7-8-19-21(10-18)35-23-22(19)24(34)33(13-30-23)12-16-5-4-6-17(9-16)25(26,27)28/h4-6,9,13,18,29H,7-8,10-12H2,1-3H3. The summed E-state index contributed by atoms with van der Waals surface area (Å²) in [7, 11) is 1.95. The molecule has 0 spiro atoms. The molecule has 1 aliphatic rings. The maximum absolute atomic E-state index is 13.3. The van der Waals surface area contributed by atoms with E-state index < -0.39 is 11.7 Å². The zero-order valence-corrected chi connectivity index (χ0v) is 20.6. The number of fused-ring (bicyclic) bond motifs is 3. The Morgan fingerprint density at radius 2 is 2.06 bits per heavy atom. The Balaban J connectivity index is 1.37. The van der Waals surface area contributed by atoms with Crippen LogP contribution < -0.4 is 10.9 Å². The Morgan fingerprint density at radius 1 is 1.26 bits per heavy atom. The summed E-state index contributed by atoms with van der Waals surface area (Å²) in [5, 5.41) is 8.74. The van der Waals surface area contributed by atoms with Crippen LogP contribution in [0.4, 0.5) is 13.2 Å². The van der Waals surface area contributed by atoms with Gasteiger partial charge in [0.2, 0.25) is 0 Å². The molecule has 3 heterocycles. The van der Waals surface area contributed by atoms with Gasteiger partial charge in [0.1, 0.15) is 4.83 Å². The molecule has 0 saturated carbocycles. The lowest BCUT2D eigenvalue weighted by Gasteiger charge is -2.23. The van der Waals surface area contributed by atoms with Crippen molar-refractivity contribution in [1.82, 2.24) is 24.6 Å². The highest BCUT2D eigenvalue weighted by Crippen LogP contribution is 2.34. The largest absolute Gasteiger partial charge is 0.416 e. The average Bonchev–Trinajstić information content (AvgIpc) is 3.30. The number of halogens is 3. The molecule has 1 aliphatic carbocycles. The Bertz CT molecular complexity index is 1470. The monoisotopic (exact) mass is 501 g/mol. The molecule has 35 heavy (non-hydrogen) atoms. The number of thiophene rings is 1. The van der Waals surface area contributed by atoms with Gasteiger partial charge in [-0.05, 0) is 56.4 Å². The zero-order valence-electron chi connectivity index (χ0n) is 19.7. The van der Waals surface area contributed by atoms with Crippen molar-refractivity contribution in [2.45, 2.75) is 58.4 Å². The van der Waals surface area contributed by atoms with Gasteiger partial charge in [-0.3, -0.25) is 14.0 Å². The third-order valence-electron chi connectivity index (χ3n) is 6.87. The van der Waals surface area contributed by atoms with E-state index >= 15 is 0 Å². The zero-order chi connectivity index (χ0) is 24.9. The lowest BCUT2D eigenvalue weighted by Crippen LogP contribution is -2.34. The second-order valence-electron chi connectivity index (χ2n) is 9.15. The van der Waals surface area contributed by atoms with Gasteiger partial charge in [0.05, 0.1) is 29.5 Å². The van der Waals surface area contributed by atoms with Crippen molar-refractivity contribution in [2.75, 3.05) is 0 Å². The molecule has 0 bridgehead atoms. The highest BCUT2D eigenvalue weighted by atomic mass is 32.1. The van der Waals surface area contributed by atoms with E-state index in [2.05, 4.69) is 22.3 Å². The van der Waals surface area contributed by atoms with Gasteiger partial charge in [-0.2, -0.15) is 18.3 Å². The van der Waals surface area contributed by atoms with Crippen LogP contribution in [0.1, 0.15) is 44.9 Å². The van der Waals surface area contributed by atoms with Crippen molar-refractivity contribution in [3.63, 3.8) is 0 Å². The van der Waals surface area contributed by atoms with Gasteiger partial charge in [0, 0.05) is 35.8 Å². The van der Waals surface area contributed by atoms with Crippen LogP contribution in [-0.4, -0.2) is 25.4 Å². The molecule has 3 aromatic heterocycles. The molecule has 5 rings (SSSR count). The summed E-state index contributed by atoms with van der Waals surface area (Å²) in [6.07, 6.45) is -0.491. The summed E-state index contributed by atoms with van der Waals surface area (Å²) in [6, 6.07) is 5.37. The summed E-state index contributed by atoms with van der Waals surface area (Å²) in [5.41, 5.74) is 3.93. The van der Waals surface area contributed by atoms with E-state index in [9.17, 15) is 18.0 Å². The molecule has 1 N–H and O–H groups in total. The van der Waals surface area contributed by atoms with Crippen LogP contribution in [0.3, 0.4) is 0 Å². The minimum absolute atomic E-state index is 0.0459. The van der Waals surface area contributed by atoms with E-state index in [0.717, 1.165) is 59.8 Å². The third kappa shape index (κ3) is 4.52. The highest BCUT2D eigenvalue weighted by Gasteiger charge is 2.30. The molecule has 6 nitrogen and oxygen atoms in total. The van der Waals surface area contributed by atoms with E-state index in [1.54, 1.807) is 17.4 Å². The molecule has 0 saturated heterocycles. The quantitative estimate of drug-likeness (QED) is 0.437. The van der Waals surface area contributed by atoms with Gasteiger partial charge in [-0.15, -0.1) is 11.3 Å². The molecular formula is C25H26F3N5OS. The van der Waals surface area contributed by atoms with Gasteiger partial charge in [0.15, 0.2) is 0 Å². The van der Waals surface area contributed by atoms with Crippen molar-refractivity contribution in [2.24, 2.45) is 7.05 Å². The number of rotatable bonds is 5. The first kappa shape index (κ1) is 23.7. The lowest BCUT2D eigenvalue weighted by molar-refractivity contribution is -0.137. The third-order valence-corrected chi connectivity index (χ3v) is 8.03. The van der Waals surface area contributed by atoms with Crippen LogP contribution >= 0.6 is 11.3 Å². The fraction of sp³-hybridized carbons (Fsp3) is 0.400. The summed E-state index contributed by atoms with van der Waals surface area (Å²) >= 11 is 1.54. The van der Waals surface area contributed by atoms with Crippen LogP contribution in [-0.2, 0) is 39.2 Å². The number of aromatic nitrogens is 4. The van der Waals surface area contributed by atoms with Crippen LogP contribution in [0, 0.1) is 13.8 Å². The second kappa shape index (κ2) is 8.91. The van der Waals surface area contributed by atoms with Gasteiger partial charge >= 0.3 is 6.18 Å². The fourth-order valence-electron chi connectivity index (χ4n) is 4.85. The SMILES string of the molecule is Cc1nn(C)c(C)c1CNC1CCc2c(sc3ncn(Cc4cccc(C(F)(F)F)c4)c(=O)c23)C1. The topological polar surface area (TPSA) is 64.7 Å². The number of nitrogens with zero attached hydrogens (tertiary/aromatic N) is 4. The number of alkyl halides is 3. The molecule has 1 atom stereocenters. The Labute approximate surface area is 204 Å². The van der Waals surface area contributed by atoms with E-state index in [-0.39, 0.29) is 12.1 Å². The number of benzene rings is 1. The Morgan fingerprint density at radius 3 is 2.77 bits per heavy atom. The Hall–Kier alpha value is -2.98. The highest BCUT2D eigenvalue weighted by molar-refractivity contribution is 7.18. The lowest BCUT2D eigenvalue weighted by atomic mass is 9.93. The van der Waals surface area contributed by atoms with Crippen LogP contribution in [0.5, 0.6) is 0 Å². The molecule has 0 fully saturated rings. The molecule has 0 amide bonds. The van der Waals surface area contributed by atoms with Crippen molar-refractivity contribution in [1.29, 1.82) is 0 Å². The predicted molar refractivity (Wildman–Crippen MR) is 130 cm³/mol. The van der Waals surface area contributed by atoms with Crippen molar-refractivity contribution < 1.29 is 13.2 Å². The summed E-state index contributed by atoms with van der Waals surface area (Å²) in [5.74, 6) is 0. The molecular weight excluding hydrogens is 475 g/mol. The van der Waals surface area contributed by atoms with Crippen LogP contribution in [0.15, 0.2) is 35.4 Å². The summed E-state index contributed by atoms with van der Waals surface area (Å²) < 4.78 is 42.5. The maximum atomic E-state index is 13.3. The minimum Gasteiger partial charge on any atom is -0.309 e. The van der Waals surface area contributed by atoms with Gasteiger partial charge < -0.3 is 5.32 Å². The van der Waals surface area contributed by atoms with E-state index in [1.807, 2.05) is 18.7 Å². The number of hydrogen-bond donors (Lipinski definition) is 1. The maximum Gasteiger partial charge on any atom is 0.416 e. The van der Waals surface area contributed by atoms with E-state index in [4.69, 9.17) is 0 Å². The first-order valence-corrected chi connectivity index (χ1v) is 12.3. The van der Waals surface area contributed by atoms with E-state index in [1.165, 1.54) is 22.5 Å². The van der Waals surface area contributed by atoms with Crippen molar-refractivity contribution in [3.05, 3.63) is 79.5 Å². The molecule has 184 valence electrons.